The molecule has 110 valence electrons. The number of aromatic nitrogens is 3. The van der Waals surface area contributed by atoms with Crippen LogP contribution in [0, 0.1) is 0 Å². The van der Waals surface area contributed by atoms with Gasteiger partial charge in [-0.15, -0.1) is 0 Å². The van der Waals surface area contributed by atoms with E-state index in [0.29, 0.717) is 0 Å². The van der Waals surface area contributed by atoms with E-state index in [1.165, 1.54) is 0 Å². The highest BCUT2D eigenvalue weighted by atomic mass is 14.9. The Morgan fingerprint density at radius 3 is 1.82 bits per heavy atom. The van der Waals surface area contributed by atoms with Crippen LogP contribution in [0.2, 0.25) is 0 Å². The van der Waals surface area contributed by atoms with Crippen LogP contribution >= 0.6 is 0 Å². The van der Waals surface area contributed by atoms with Gasteiger partial charge in [-0.25, -0.2) is 9.97 Å². The van der Waals surface area contributed by atoms with Gasteiger partial charge >= 0.3 is 0 Å². The maximum atomic E-state index is 4.54. The lowest BCUT2D eigenvalue weighted by atomic mass is 9.95. The summed E-state index contributed by atoms with van der Waals surface area (Å²) in [6.45, 7) is 6.33. The van der Waals surface area contributed by atoms with E-state index in [0.717, 1.165) is 28.2 Å². The van der Waals surface area contributed by atoms with Gasteiger partial charge in [0.05, 0.1) is 5.69 Å². The predicted molar refractivity (Wildman–Crippen MR) is 89.4 cm³/mol. The van der Waals surface area contributed by atoms with E-state index < -0.39 is 0 Å². The van der Waals surface area contributed by atoms with Crippen molar-refractivity contribution in [3.05, 3.63) is 66.9 Å². The molecule has 2 aromatic heterocycles. The zero-order valence-corrected chi connectivity index (χ0v) is 13.1. The third-order valence-corrected chi connectivity index (χ3v) is 3.49. The molecule has 2 heterocycles. The lowest BCUT2D eigenvalue weighted by Gasteiger charge is -2.16. The molecule has 0 unspecified atom stereocenters. The number of hydrogen-bond acceptors (Lipinski definition) is 3. The highest BCUT2D eigenvalue weighted by Crippen LogP contribution is 2.23. The second-order valence-electron chi connectivity index (χ2n) is 6.34. The van der Waals surface area contributed by atoms with Crippen molar-refractivity contribution in [3.8, 4) is 22.4 Å². The Morgan fingerprint density at radius 1 is 0.636 bits per heavy atom. The van der Waals surface area contributed by atoms with Crippen LogP contribution in [0.1, 0.15) is 26.6 Å². The summed E-state index contributed by atoms with van der Waals surface area (Å²) < 4.78 is 0. The smallest absolute Gasteiger partial charge is 0.133 e. The predicted octanol–water partition coefficient (Wildman–Crippen LogP) is 4.50. The molecule has 3 rings (SSSR count). The van der Waals surface area contributed by atoms with Gasteiger partial charge in [-0.1, -0.05) is 57.2 Å². The number of nitrogens with zero attached hydrogens (tertiary/aromatic N) is 3. The van der Waals surface area contributed by atoms with Crippen molar-refractivity contribution in [2.24, 2.45) is 0 Å². The van der Waals surface area contributed by atoms with Crippen molar-refractivity contribution in [2.75, 3.05) is 0 Å². The second kappa shape index (κ2) is 5.68. The first-order valence-corrected chi connectivity index (χ1v) is 7.38. The summed E-state index contributed by atoms with van der Waals surface area (Å²) in [7, 11) is 0. The van der Waals surface area contributed by atoms with Crippen LogP contribution in [0.15, 0.2) is 61.1 Å². The van der Waals surface area contributed by atoms with Gasteiger partial charge in [-0.2, -0.15) is 0 Å². The highest BCUT2D eigenvalue weighted by molar-refractivity contribution is 5.65. The average molecular weight is 289 g/mol. The molecule has 0 N–H and O–H groups in total. The van der Waals surface area contributed by atoms with Crippen molar-refractivity contribution < 1.29 is 0 Å². The Morgan fingerprint density at radius 2 is 1.27 bits per heavy atom. The van der Waals surface area contributed by atoms with Gasteiger partial charge in [0, 0.05) is 40.7 Å². The van der Waals surface area contributed by atoms with Gasteiger partial charge in [0.25, 0.3) is 0 Å². The van der Waals surface area contributed by atoms with Gasteiger partial charge in [0.1, 0.15) is 5.82 Å². The van der Waals surface area contributed by atoms with Crippen LogP contribution in [0.3, 0.4) is 0 Å². The molecule has 0 spiro atoms. The molecular formula is C19H19N3. The third kappa shape index (κ3) is 3.03. The van der Waals surface area contributed by atoms with E-state index in [9.17, 15) is 0 Å². The van der Waals surface area contributed by atoms with Crippen molar-refractivity contribution in [2.45, 2.75) is 26.2 Å². The normalized spacial score (nSPS) is 11.4. The fraction of sp³-hybridized carbons (Fsp3) is 0.211. The molecule has 3 nitrogen and oxygen atoms in total. The van der Waals surface area contributed by atoms with Crippen LogP contribution in [-0.4, -0.2) is 15.0 Å². The van der Waals surface area contributed by atoms with Gasteiger partial charge in [0.15, 0.2) is 0 Å². The monoisotopic (exact) mass is 289 g/mol. The van der Waals surface area contributed by atoms with Crippen LogP contribution in [0.5, 0.6) is 0 Å². The molecule has 0 saturated heterocycles. The van der Waals surface area contributed by atoms with E-state index in [-0.39, 0.29) is 5.41 Å². The fourth-order valence-electron chi connectivity index (χ4n) is 2.21. The molecule has 0 aliphatic heterocycles. The summed E-state index contributed by atoms with van der Waals surface area (Å²) in [6.07, 6.45) is 5.61. The van der Waals surface area contributed by atoms with Crippen LogP contribution < -0.4 is 0 Å². The molecule has 3 heteroatoms. The first-order valence-electron chi connectivity index (χ1n) is 7.38. The molecule has 0 radical (unpaired) electrons. The average Bonchev–Trinajstić information content (AvgIpc) is 2.55. The first kappa shape index (κ1) is 14.4. The quantitative estimate of drug-likeness (QED) is 0.697. The maximum Gasteiger partial charge on any atom is 0.133 e. The molecule has 0 atom stereocenters. The Balaban J connectivity index is 1.87. The van der Waals surface area contributed by atoms with E-state index in [1.807, 2.05) is 42.9 Å². The third-order valence-electron chi connectivity index (χ3n) is 3.49. The Bertz CT molecular complexity index is 739. The zero-order valence-electron chi connectivity index (χ0n) is 13.1. The fourth-order valence-corrected chi connectivity index (χ4v) is 2.21. The van der Waals surface area contributed by atoms with Crippen LogP contribution in [0.25, 0.3) is 22.4 Å². The molecule has 22 heavy (non-hydrogen) atoms. The van der Waals surface area contributed by atoms with Crippen molar-refractivity contribution in [1.82, 2.24) is 15.0 Å². The Kier molecular flexibility index (Phi) is 3.72. The van der Waals surface area contributed by atoms with Gasteiger partial charge in [0.2, 0.25) is 0 Å². The lowest BCUT2D eigenvalue weighted by molar-refractivity contribution is 0.545. The van der Waals surface area contributed by atoms with Gasteiger partial charge < -0.3 is 0 Å². The molecular weight excluding hydrogens is 270 g/mol. The van der Waals surface area contributed by atoms with Gasteiger partial charge in [-0.05, 0) is 6.07 Å². The van der Waals surface area contributed by atoms with Crippen molar-refractivity contribution >= 4 is 0 Å². The molecule has 0 saturated carbocycles. The maximum absolute atomic E-state index is 4.54. The topological polar surface area (TPSA) is 38.7 Å². The zero-order chi connectivity index (χ0) is 15.6. The molecule has 0 fully saturated rings. The standard InChI is InChI=1S/C19H19N3/c1-19(2,3)18-21-12-16(13-22-18)15-9-10-17(20-11-15)14-7-5-4-6-8-14/h4-13H,1-3H3. The summed E-state index contributed by atoms with van der Waals surface area (Å²) in [5.74, 6) is 0.852. The number of pyridine rings is 1. The molecule has 0 aliphatic carbocycles. The van der Waals surface area contributed by atoms with E-state index in [4.69, 9.17) is 0 Å². The summed E-state index contributed by atoms with van der Waals surface area (Å²) in [4.78, 5) is 13.5. The number of rotatable bonds is 2. The van der Waals surface area contributed by atoms with E-state index >= 15 is 0 Å². The molecule has 0 amide bonds. The summed E-state index contributed by atoms with van der Waals surface area (Å²) in [5.41, 5.74) is 4.07. The van der Waals surface area contributed by atoms with Crippen LogP contribution in [-0.2, 0) is 5.41 Å². The van der Waals surface area contributed by atoms with Crippen LogP contribution in [0.4, 0.5) is 0 Å². The Hall–Kier alpha value is -2.55. The minimum absolute atomic E-state index is 0.0338. The molecule has 3 aromatic rings. The Labute approximate surface area is 131 Å². The largest absolute Gasteiger partial charge is 0.256 e. The highest BCUT2D eigenvalue weighted by Gasteiger charge is 2.16. The van der Waals surface area contributed by atoms with E-state index in [1.54, 1.807) is 0 Å². The molecule has 1 aromatic carbocycles. The van der Waals surface area contributed by atoms with Crippen molar-refractivity contribution in [1.29, 1.82) is 0 Å². The molecule has 0 aliphatic rings. The summed E-state index contributed by atoms with van der Waals surface area (Å²) in [5, 5.41) is 0. The second-order valence-corrected chi connectivity index (χ2v) is 6.34. The lowest BCUT2D eigenvalue weighted by Crippen LogP contribution is -2.15. The summed E-state index contributed by atoms with van der Waals surface area (Å²) >= 11 is 0. The van der Waals surface area contributed by atoms with E-state index in [2.05, 4.69) is 53.9 Å². The minimum atomic E-state index is -0.0338. The number of hydrogen-bond donors (Lipinski definition) is 0. The minimum Gasteiger partial charge on any atom is -0.256 e. The SMILES string of the molecule is CC(C)(C)c1ncc(-c2ccc(-c3ccccc3)nc2)cn1. The number of benzene rings is 1. The van der Waals surface area contributed by atoms with Crippen molar-refractivity contribution in [3.63, 3.8) is 0 Å². The summed E-state index contributed by atoms with van der Waals surface area (Å²) in [6, 6.07) is 14.2. The first-order chi connectivity index (χ1) is 10.5. The van der Waals surface area contributed by atoms with Gasteiger partial charge in [-0.3, -0.25) is 4.98 Å². The molecule has 0 bridgehead atoms.